The summed E-state index contributed by atoms with van der Waals surface area (Å²) < 4.78 is 75.4. The molecule has 0 unspecified atom stereocenters. The largest absolute Gasteiger partial charge is 0.322 e. The molecule has 10 heteroatoms. The fourth-order valence-electron chi connectivity index (χ4n) is 2.79. The van der Waals surface area contributed by atoms with Crippen LogP contribution in [0.4, 0.5) is 14.5 Å². The highest BCUT2D eigenvalue weighted by Gasteiger charge is 2.38. The standard InChI is InChI=1S/C17H15F2NO5S2/c18-11-1-3-12(4-2-11)20-17(21)15-9-13(5-6-16(15)19)27(24,25)14-7-8-26(22,23)10-14/h1-6,9,14H,7-8,10H2,(H,20,21)/t14-/m0/s1. The zero-order chi connectivity index (χ0) is 19.8. The van der Waals surface area contributed by atoms with Gasteiger partial charge in [0.05, 0.1) is 27.2 Å². The van der Waals surface area contributed by atoms with Crippen molar-refractivity contribution in [3.63, 3.8) is 0 Å². The topological polar surface area (TPSA) is 97.4 Å². The Kier molecular flexibility index (Phi) is 5.04. The average molecular weight is 415 g/mol. The van der Waals surface area contributed by atoms with Gasteiger partial charge in [0, 0.05) is 5.69 Å². The molecule has 0 bridgehead atoms. The van der Waals surface area contributed by atoms with E-state index in [1.165, 1.54) is 12.1 Å². The van der Waals surface area contributed by atoms with Gasteiger partial charge in [0.1, 0.15) is 11.6 Å². The van der Waals surface area contributed by atoms with Gasteiger partial charge < -0.3 is 5.32 Å². The molecule has 1 atom stereocenters. The molecule has 0 spiro atoms. The molecule has 2 aromatic rings. The van der Waals surface area contributed by atoms with E-state index in [0.717, 1.165) is 30.3 Å². The molecule has 1 amide bonds. The maximum Gasteiger partial charge on any atom is 0.258 e. The zero-order valence-electron chi connectivity index (χ0n) is 13.9. The Labute approximate surface area is 155 Å². The molecule has 1 saturated heterocycles. The summed E-state index contributed by atoms with van der Waals surface area (Å²) in [6.07, 6.45) is -0.0425. The van der Waals surface area contributed by atoms with Gasteiger partial charge in [-0.3, -0.25) is 4.79 Å². The quantitative estimate of drug-likeness (QED) is 0.772. The van der Waals surface area contributed by atoms with Crippen molar-refractivity contribution in [2.45, 2.75) is 16.6 Å². The molecule has 1 aliphatic rings. The maximum atomic E-state index is 14.1. The van der Waals surface area contributed by atoms with Crippen LogP contribution in [0.15, 0.2) is 47.4 Å². The Bertz CT molecular complexity index is 1100. The van der Waals surface area contributed by atoms with E-state index in [0.29, 0.717) is 0 Å². The summed E-state index contributed by atoms with van der Waals surface area (Å²) in [5.41, 5.74) is -0.308. The van der Waals surface area contributed by atoms with Crippen molar-refractivity contribution in [1.82, 2.24) is 0 Å². The van der Waals surface area contributed by atoms with Crippen LogP contribution in [0.5, 0.6) is 0 Å². The Balaban J connectivity index is 1.90. The van der Waals surface area contributed by atoms with Crippen LogP contribution in [0.25, 0.3) is 0 Å². The summed E-state index contributed by atoms with van der Waals surface area (Å²) in [5, 5.41) is 1.23. The first-order valence-electron chi connectivity index (χ1n) is 7.89. The molecule has 3 rings (SSSR count). The molecule has 2 aromatic carbocycles. The summed E-state index contributed by atoms with van der Waals surface area (Å²) >= 11 is 0. The van der Waals surface area contributed by atoms with Crippen LogP contribution in [-0.2, 0) is 19.7 Å². The fraction of sp³-hybridized carbons (Fsp3) is 0.235. The Hall–Kier alpha value is -2.33. The Morgan fingerprint density at radius 3 is 2.33 bits per heavy atom. The van der Waals surface area contributed by atoms with Crippen LogP contribution in [0, 0.1) is 11.6 Å². The van der Waals surface area contributed by atoms with E-state index < -0.39 is 53.8 Å². The van der Waals surface area contributed by atoms with Crippen LogP contribution < -0.4 is 5.32 Å². The van der Waals surface area contributed by atoms with Crippen molar-refractivity contribution >= 4 is 31.3 Å². The van der Waals surface area contributed by atoms with E-state index in [1.54, 1.807) is 0 Å². The monoisotopic (exact) mass is 415 g/mol. The van der Waals surface area contributed by atoms with Crippen molar-refractivity contribution in [3.05, 3.63) is 59.7 Å². The molecule has 1 fully saturated rings. The van der Waals surface area contributed by atoms with Gasteiger partial charge in [-0.2, -0.15) is 0 Å². The Morgan fingerprint density at radius 2 is 1.74 bits per heavy atom. The number of hydrogen-bond acceptors (Lipinski definition) is 5. The van der Waals surface area contributed by atoms with E-state index in [9.17, 15) is 30.4 Å². The lowest BCUT2D eigenvalue weighted by Gasteiger charge is -2.12. The normalized spacial score (nSPS) is 19.0. The predicted octanol–water partition coefficient (Wildman–Crippen LogP) is 2.18. The van der Waals surface area contributed by atoms with Crippen LogP contribution >= 0.6 is 0 Å². The first-order chi connectivity index (χ1) is 12.6. The predicted molar refractivity (Wildman–Crippen MR) is 95.0 cm³/mol. The van der Waals surface area contributed by atoms with Crippen LogP contribution in [0.2, 0.25) is 0 Å². The van der Waals surface area contributed by atoms with Gasteiger partial charge >= 0.3 is 0 Å². The molecular formula is C17H15F2NO5S2. The molecule has 1 aliphatic heterocycles. The molecule has 6 nitrogen and oxygen atoms in total. The molecule has 0 radical (unpaired) electrons. The van der Waals surface area contributed by atoms with E-state index >= 15 is 0 Å². The summed E-state index contributed by atoms with van der Waals surface area (Å²) in [6.45, 7) is 0. The summed E-state index contributed by atoms with van der Waals surface area (Å²) in [5.74, 6) is -3.08. The van der Waals surface area contributed by atoms with Gasteiger partial charge in [-0.25, -0.2) is 25.6 Å². The van der Waals surface area contributed by atoms with Gasteiger partial charge in [-0.05, 0) is 48.9 Å². The second-order valence-corrected chi connectivity index (χ2v) is 10.6. The number of hydrogen-bond donors (Lipinski definition) is 1. The number of carbonyl (C=O) groups excluding carboxylic acids is 1. The molecule has 1 N–H and O–H groups in total. The minimum atomic E-state index is -4.04. The maximum absolute atomic E-state index is 14.1. The lowest BCUT2D eigenvalue weighted by molar-refractivity contribution is 0.102. The first kappa shape index (κ1) is 19.4. The molecular weight excluding hydrogens is 400 g/mol. The van der Waals surface area contributed by atoms with E-state index in [2.05, 4.69) is 5.32 Å². The van der Waals surface area contributed by atoms with Crippen LogP contribution in [-0.4, -0.2) is 39.5 Å². The van der Waals surface area contributed by atoms with Gasteiger partial charge in [0.15, 0.2) is 19.7 Å². The number of amides is 1. The van der Waals surface area contributed by atoms with Gasteiger partial charge in [-0.15, -0.1) is 0 Å². The first-order valence-corrected chi connectivity index (χ1v) is 11.3. The molecule has 27 heavy (non-hydrogen) atoms. The smallest absolute Gasteiger partial charge is 0.258 e. The molecule has 0 saturated carbocycles. The van der Waals surface area contributed by atoms with Crippen molar-refractivity contribution in [1.29, 1.82) is 0 Å². The van der Waals surface area contributed by atoms with E-state index in [1.807, 2.05) is 0 Å². The minimum absolute atomic E-state index is 0.0425. The van der Waals surface area contributed by atoms with Crippen molar-refractivity contribution < 1.29 is 30.4 Å². The van der Waals surface area contributed by atoms with Gasteiger partial charge in [0.2, 0.25) is 0 Å². The third kappa shape index (κ3) is 4.16. The average Bonchev–Trinajstić information content (AvgIpc) is 2.98. The number of anilines is 1. The number of benzene rings is 2. The van der Waals surface area contributed by atoms with Crippen LogP contribution in [0.1, 0.15) is 16.8 Å². The minimum Gasteiger partial charge on any atom is -0.322 e. The number of nitrogens with one attached hydrogen (secondary N) is 1. The number of carbonyl (C=O) groups is 1. The highest BCUT2D eigenvalue weighted by molar-refractivity contribution is 7.96. The highest BCUT2D eigenvalue weighted by Crippen LogP contribution is 2.27. The summed E-state index contributed by atoms with van der Waals surface area (Å²) in [6, 6.07) is 7.49. The zero-order valence-corrected chi connectivity index (χ0v) is 15.5. The molecule has 0 aromatic heterocycles. The van der Waals surface area contributed by atoms with E-state index in [4.69, 9.17) is 0 Å². The lowest BCUT2D eigenvalue weighted by atomic mass is 10.2. The highest BCUT2D eigenvalue weighted by atomic mass is 32.2. The van der Waals surface area contributed by atoms with Crippen LogP contribution in [0.3, 0.4) is 0 Å². The number of rotatable bonds is 4. The summed E-state index contributed by atoms with van der Waals surface area (Å²) in [4.78, 5) is 12.0. The second-order valence-electron chi connectivity index (χ2n) is 6.17. The van der Waals surface area contributed by atoms with Crippen molar-refractivity contribution in [3.8, 4) is 0 Å². The molecule has 0 aliphatic carbocycles. The van der Waals surface area contributed by atoms with Gasteiger partial charge in [0.25, 0.3) is 5.91 Å². The third-order valence-electron chi connectivity index (χ3n) is 4.24. The third-order valence-corrected chi connectivity index (χ3v) is 8.41. The second kappa shape index (κ2) is 7.01. The summed E-state index contributed by atoms with van der Waals surface area (Å²) in [7, 11) is -7.47. The fourth-order valence-corrected chi connectivity index (χ4v) is 7.17. The van der Waals surface area contributed by atoms with Crippen molar-refractivity contribution in [2.24, 2.45) is 0 Å². The number of halogens is 2. The number of sulfone groups is 2. The van der Waals surface area contributed by atoms with Crippen molar-refractivity contribution in [2.75, 3.05) is 16.8 Å². The molecule has 144 valence electrons. The van der Waals surface area contributed by atoms with Gasteiger partial charge in [-0.1, -0.05) is 0 Å². The lowest BCUT2D eigenvalue weighted by Crippen LogP contribution is -2.23. The molecule has 1 heterocycles. The van der Waals surface area contributed by atoms with E-state index in [-0.39, 0.29) is 22.8 Å². The Morgan fingerprint density at radius 1 is 1.07 bits per heavy atom. The SMILES string of the molecule is O=C(Nc1ccc(F)cc1)c1cc(S(=O)(=O)[C@H]2CCS(=O)(=O)C2)ccc1F.